The van der Waals surface area contributed by atoms with Crippen molar-refractivity contribution in [2.45, 2.75) is 6.10 Å². The van der Waals surface area contributed by atoms with E-state index in [0.717, 1.165) is 0 Å². The molecule has 28 heavy (non-hydrogen) atoms. The Morgan fingerprint density at radius 1 is 0.929 bits per heavy atom. The molecule has 3 aromatic rings. The quantitative estimate of drug-likeness (QED) is 0.531. The van der Waals surface area contributed by atoms with Crippen LogP contribution in [0.25, 0.3) is 10.8 Å². The van der Waals surface area contributed by atoms with Crippen LogP contribution in [-0.4, -0.2) is 26.2 Å². The highest BCUT2D eigenvalue weighted by atomic mass is 35.5. The minimum atomic E-state index is -1.05. The highest BCUT2D eigenvalue weighted by Gasteiger charge is 2.25. The van der Waals surface area contributed by atoms with Gasteiger partial charge in [-0.25, -0.2) is 9.59 Å². The molecular formula is C21H16Cl2O5. The number of fused-ring (bicyclic) bond motifs is 1. The summed E-state index contributed by atoms with van der Waals surface area (Å²) in [6.45, 7) is 0. The number of carbonyl (C=O) groups excluding carboxylic acids is 2. The predicted octanol–water partition coefficient (Wildman–Crippen LogP) is 5.23. The summed E-state index contributed by atoms with van der Waals surface area (Å²) >= 11 is 12.5. The number of rotatable bonds is 5. The summed E-state index contributed by atoms with van der Waals surface area (Å²) in [5, 5.41) is 1.82. The van der Waals surface area contributed by atoms with E-state index in [1.807, 2.05) is 6.07 Å². The molecule has 0 aliphatic carbocycles. The summed E-state index contributed by atoms with van der Waals surface area (Å²) in [5.74, 6) is -0.913. The smallest absolute Gasteiger partial charge is 0.351 e. The van der Waals surface area contributed by atoms with E-state index in [1.54, 1.807) is 42.5 Å². The van der Waals surface area contributed by atoms with Gasteiger partial charge in [-0.15, -0.1) is 0 Å². The molecule has 0 N–H and O–H groups in total. The Morgan fingerprint density at radius 2 is 1.64 bits per heavy atom. The van der Waals surface area contributed by atoms with Crippen LogP contribution in [0, 0.1) is 0 Å². The summed E-state index contributed by atoms with van der Waals surface area (Å²) < 4.78 is 15.7. The number of esters is 2. The standard InChI is InChI=1S/C21H16Cl2O5/c1-26-20(24)14-8-13-9-15(22)11-16(23)18(13)17(10-14)28-19(21(25)27-2)12-6-4-3-5-7-12/h3-11,19H,1-2H3. The Morgan fingerprint density at radius 3 is 2.29 bits per heavy atom. The SMILES string of the molecule is COC(=O)c1cc(OC(C(=O)OC)c2ccccc2)c2c(Cl)cc(Cl)cc2c1. The van der Waals surface area contributed by atoms with Gasteiger partial charge in [0.05, 0.1) is 24.8 Å². The first-order valence-corrected chi connectivity index (χ1v) is 9.00. The third kappa shape index (κ3) is 4.06. The maximum Gasteiger partial charge on any atom is 0.351 e. The second-order valence-corrected chi connectivity index (χ2v) is 6.73. The summed E-state index contributed by atoms with van der Waals surface area (Å²) in [5.41, 5.74) is 0.830. The Hall–Kier alpha value is -2.76. The molecule has 3 aromatic carbocycles. The summed E-state index contributed by atoms with van der Waals surface area (Å²) in [7, 11) is 2.55. The monoisotopic (exact) mass is 418 g/mol. The van der Waals surface area contributed by atoms with E-state index in [-0.39, 0.29) is 11.3 Å². The number of benzene rings is 3. The van der Waals surface area contributed by atoms with E-state index in [4.69, 9.17) is 37.4 Å². The molecule has 1 unspecified atom stereocenters. The molecule has 144 valence electrons. The van der Waals surface area contributed by atoms with Crippen LogP contribution in [-0.2, 0) is 14.3 Å². The lowest BCUT2D eigenvalue weighted by Crippen LogP contribution is -2.20. The summed E-state index contributed by atoms with van der Waals surface area (Å²) in [6.07, 6.45) is -1.05. The highest BCUT2D eigenvalue weighted by Crippen LogP contribution is 2.38. The van der Waals surface area contributed by atoms with Gasteiger partial charge >= 0.3 is 11.9 Å². The minimum Gasteiger partial charge on any atom is -0.473 e. The molecule has 0 amide bonds. The first-order valence-electron chi connectivity index (χ1n) is 8.25. The van der Waals surface area contributed by atoms with Gasteiger partial charge in [0.2, 0.25) is 6.10 Å². The van der Waals surface area contributed by atoms with Gasteiger partial charge in [0.25, 0.3) is 0 Å². The molecule has 0 fully saturated rings. The zero-order chi connectivity index (χ0) is 20.3. The van der Waals surface area contributed by atoms with Crippen LogP contribution in [0.15, 0.2) is 54.6 Å². The third-order valence-electron chi connectivity index (χ3n) is 4.11. The Labute approximate surface area is 171 Å². The first-order chi connectivity index (χ1) is 13.4. The van der Waals surface area contributed by atoms with Crippen molar-refractivity contribution in [2.75, 3.05) is 14.2 Å². The molecule has 0 saturated heterocycles. The van der Waals surface area contributed by atoms with Crippen molar-refractivity contribution in [1.82, 2.24) is 0 Å². The number of ether oxygens (including phenoxy) is 3. The van der Waals surface area contributed by atoms with E-state index in [9.17, 15) is 9.59 Å². The lowest BCUT2D eigenvalue weighted by atomic mass is 10.0. The van der Waals surface area contributed by atoms with Crippen molar-refractivity contribution in [3.05, 3.63) is 75.8 Å². The van der Waals surface area contributed by atoms with Gasteiger partial charge in [-0.2, -0.15) is 0 Å². The van der Waals surface area contributed by atoms with Gasteiger partial charge in [-0.1, -0.05) is 53.5 Å². The van der Waals surface area contributed by atoms with Crippen LogP contribution >= 0.6 is 23.2 Å². The summed E-state index contributed by atoms with van der Waals surface area (Å²) in [4.78, 5) is 24.5. The van der Waals surface area contributed by atoms with E-state index in [1.165, 1.54) is 20.3 Å². The van der Waals surface area contributed by atoms with Gasteiger partial charge in [-0.05, 0) is 29.7 Å². The van der Waals surface area contributed by atoms with Crippen molar-refractivity contribution in [2.24, 2.45) is 0 Å². The highest BCUT2D eigenvalue weighted by molar-refractivity contribution is 6.39. The fraction of sp³-hybridized carbons (Fsp3) is 0.143. The lowest BCUT2D eigenvalue weighted by molar-refractivity contribution is -0.149. The fourth-order valence-corrected chi connectivity index (χ4v) is 3.43. The second kappa shape index (κ2) is 8.50. The topological polar surface area (TPSA) is 61.8 Å². The maximum atomic E-state index is 12.4. The molecule has 7 heteroatoms. The Balaban J connectivity index is 2.19. The van der Waals surface area contributed by atoms with E-state index >= 15 is 0 Å². The predicted molar refractivity (Wildman–Crippen MR) is 107 cm³/mol. The zero-order valence-electron chi connectivity index (χ0n) is 15.1. The molecule has 0 heterocycles. The van der Waals surface area contributed by atoms with Crippen LogP contribution in [0.2, 0.25) is 10.0 Å². The Bertz CT molecular complexity index is 1030. The number of methoxy groups -OCH3 is 2. The lowest BCUT2D eigenvalue weighted by Gasteiger charge is -2.20. The van der Waals surface area contributed by atoms with Gasteiger partial charge in [0, 0.05) is 16.0 Å². The Kier molecular flexibility index (Phi) is 6.07. The normalized spacial score (nSPS) is 11.7. The molecule has 0 aliphatic rings. The third-order valence-corrected chi connectivity index (χ3v) is 4.63. The van der Waals surface area contributed by atoms with Crippen LogP contribution < -0.4 is 4.74 Å². The molecule has 1 atom stereocenters. The van der Waals surface area contributed by atoms with Crippen molar-refractivity contribution in [3.63, 3.8) is 0 Å². The second-order valence-electron chi connectivity index (χ2n) is 5.88. The average Bonchev–Trinajstić information content (AvgIpc) is 2.70. The van der Waals surface area contributed by atoms with Gasteiger partial charge in [0.1, 0.15) is 5.75 Å². The maximum absolute atomic E-state index is 12.4. The van der Waals surface area contributed by atoms with Gasteiger partial charge in [-0.3, -0.25) is 0 Å². The number of hydrogen-bond donors (Lipinski definition) is 0. The number of carbonyl (C=O) groups is 2. The minimum absolute atomic E-state index is 0.235. The van der Waals surface area contributed by atoms with Crippen LogP contribution in [0.5, 0.6) is 5.75 Å². The van der Waals surface area contributed by atoms with E-state index < -0.39 is 18.0 Å². The molecule has 0 spiro atoms. The van der Waals surface area contributed by atoms with E-state index in [2.05, 4.69) is 0 Å². The van der Waals surface area contributed by atoms with Crippen molar-refractivity contribution in [3.8, 4) is 5.75 Å². The molecule has 3 rings (SSSR count). The molecule has 5 nitrogen and oxygen atoms in total. The molecule has 0 radical (unpaired) electrons. The summed E-state index contributed by atoms with van der Waals surface area (Å²) in [6, 6.07) is 15.2. The van der Waals surface area contributed by atoms with Crippen LogP contribution in [0.1, 0.15) is 22.0 Å². The van der Waals surface area contributed by atoms with Crippen LogP contribution in [0.4, 0.5) is 0 Å². The first kappa shape index (κ1) is 20.0. The number of hydrogen-bond acceptors (Lipinski definition) is 5. The van der Waals surface area contributed by atoms with Crippen molar-refractivity contribution >= 4 is 45.9 Å². The molecule has 0 aromatic heterocycles. The van der Waals surface area contributed by atoms with Crippen molar-refractivity contribution in [1.29, 1.82) is 0 Å². The van der Waals surface area contributed by atoms with Gasteiger partial charge < -0.3 is 14.2 Å². The molecule has 0 aliphatic heterocycles. The molecular weight excluding hydrogens is 403 g/mol. The van der Waals surface area contributed by atoms with Crippen LogP contribution in [0.3, 0.4) is 0 Å². The zero-order valence-corrected chi connectivity index (χ0v) is 16.6. The average molecular weight is 419 g/mol. The van der Waals surface area contributed by atoms with Gasteiger partial charge in [0.15, 0.2) is 0 Å². The largest absolute Gasteiger partial charge is 0.473 e. The fourth-order valence-electron chi connectivity index (χ4n) is 2.83. The van der Waals surface area contributed by atoms with Crippen molar-refractivity contribution < 1.29 is 23.8 Å². The van der Waals surface area contributed by atoms with E-state index in [0.29, 0.717) is 26.4 Å². The molecule has 0 bridgehead atoms. The molecule has 0 saturated carbocycles. The number of halogens is 2.